The van der Waals surface area contributed by atoms with Crippen molar-refractivity contribution in [3.8, 4) is 17.1 Å². The number of carbonyl (C=O) groups excluding carboxylic acids is 1. The van der Waals surface area contributed by atoms with Gasteiger partial charge in [0.05, 0.1) is 11.4 Å². The number of anilines is 1. The lowest BCUT2D eigenvalue weighted by Gasteiger charge is -2.07. The van der Waals surface area contributed by atoms with Crippen molar-refractivity contribution in [3.63, 3.8) is 0 Å². The maximum absolute atomic E-state index is 12.0. The molecule has 0 aliphatic rings. The molecule has 8 heteroatoms. The van der Waals surface area contributed by atoms with Crippen LogP contribution in [0.4, 0.5) is 5.69 Å². The van der Waals surface area contributed by atoms with Gasteiger partial charge in [0.2, 0.25) is 5.91 Å². The minimum atomic E-state index is -0.227. The lowest BCUT2D eigenvalue weighted by Crippen LogP contribution is -2.14. The Hall–Kier alpha value is -2.87. The van der Waals surface area contributed by atoms with Crippen molar-refractivity contribution in [1.82, 2.24) is 19.7 Å². The molecule has 0 aliphatic carbocycles. The molecule has 3 aromatic rings. The molecular formula is C16H15N5O2S. The molecule has 0 aliphatic heterocycles. The van der Waals surface area contributed by atoms with Crippen LogP contribution in [-0.4, -0.2) is 36.5 Å². The van der Waals surface area contributed by atoms with Crippen LogP contribution in [0, 0.1) is 0 Å². The predicted octanol–water partition coefficient (Wildman–Crippen LogP) is 2.31. The van der Waals surface area contributed by atoms with Crippen LogP contribution in [0.15, 0.2) is 53.9 Å². The Morgan fingerprint density at radius 2 is 1.96 bits per heavy atom. The lowest BCUT2D eigenvalue weighted by molar-refractivity contribution is -0.113. The molecule has 0 radical (unpaired) electrons. The number of carbonyl (C=O) groups is 1. The average Bonchev–Trinajstić information content (AvgIpc) is 2.97. The summed E-state index contributed by atoms with van der Waals surface area (Å²) in [6.07, 6.45) is 3.38. The molecule has 0 unspecified atom stereocenters. The Balaban J connectivity index is 1.64. The second-order valence-corrected chi connectivity index (χ2v) is 5.90. The van der Waals surface area contributed by atoms with E-state index in [4.69, 9.17) is 0 Å². The highest BCUT2D eigenvalue weighted by molar-refractivity contribution is 7.99. The second kappa shape index (κ2) is 7.14. The first kappa shape index (κ1) is 16.0. The van der Waals surface area contributed by atoms with Gasteiger partial charge in [-0.05, 0) is 24.3 Å². The van der Waals surface area contributed by atoms with Crippen molar-refractivity contribution in [3.05, 3.63) is 48.8 Å². The largest absolute Gasteiger partial charge is 0.506 e. The van der Waals surface area contributed by atoms with Crippen molar-refractivity contribution in [2.24, 2.45) is 7.05 Å². The minimum Gasteiger partial charge on any atom is -0.506 e. The van der Waals surface area contributed by atoms with Gasteiger partial charge in [0.15, 0.2) is 11.0 Å². The van der Waals surface area contributed by atoms with E-state index in [1.54, 1.807) is 30.6 Å². The van der Waals surface area contributed by atoms with E-state index in [2.05, 4.69) is 20.5 Å². The third kappa shape index (κ3) is 3.54. The van der Waals surface area contributed by atoms with Crippen LogP contribution >= 0.6 is 11.8 Å². The van der Waals surface area contributed by atoms with Crippen molar-refractivity contribution in [2.45, 2.75) is 5.16 Å². The zero-order valence-electron chi connectivity index (χ0n) is 12.9. The monoisotopic (exact) mass is 341 g/mol. The molecule has 2 N–H and O–H groups in total. The molecule has 3 rings (SSSR count). The SMILES string of the molecule is Cn1c(SCC(=O)Nc2ccccc2O)nnc1-c1ccncc1. The Morgan fingerprint density at radius 1 is 1.21 bits per heavy atom. The van der Waals surface area contributed by atoms with Gasteiger partial charge < -0.3 is 15.0 Å². The zero-order chi connectivity index (χ0) is 16.9. The third-order valence-corrected chi connectivity index (χ3v) is 4.30. The molecule has 122 valence electrons. The molecule has 0 bridgehead atoms. The van der Waals surface area contributed by atoms with E-state index in [9.17, 15) is 9.90 Å². The van der Waals surface area contributed by atoms with Crippen LogP contribution in [0.2, 0.25) is 0 Å². The van der Waals surface area contributed by atoms with Crippen LogP contribution in [0.1, 0.15) is 0 Å². The normalized spacial score (nSPS) is 10.5. The highest BCUT2D eigenvalue weighted by Gasteiger charge is 2.13. The molecule has 2 heterocycles. The first-order valence-electron chi connectivity index (χ1n) is 7.15. The van der Waals surface area contributed by atoms with Gasteiger partial charge in [0.25, 0.3) is 0 Å². The molecule has 1 amide bonds. The van der Waals surface area contributed by atoms with Gasteiger partial charge in [-0.3, -0.25) is 9.78 Å². The number of thioether (sulfide) groups is 1. The topological polar surface area (TPSA) is 92.9 Å². The summed E-state index contributed by atoms with van der Waals surface area (Å²) in [5.41, 5.74) is 1.30. The Bertz CT molecular complexity index is 851. The van der Waals surface area contributed by atoms with Gasteiger partial charge in [-0.15, -0.1) is 10.2 Å². The van der Waals surface area contributed by atoms with Gasteiger partial charge in [-0.25, -0.2) is 0 Å². The summed E-state index contributed by atoms with van der Waals surface area (Å²) in [6.45, 7) is 0. The van der Waals surface area contributed by atoms with Crippen LogP contribution < -0.4 is 5.32 Å². The fourth-order valence-corrected chi connectivity index (χ4v) is 2.80. The van der Waals surface area contributed by atoms with Gasteiger partial charge in [0.1, 0.15) is 5.75 Å². The predicted molar refractivity (Wildman–Crippen MR) is 91.7 cm³/mol. The van der Waals surface area contributed by atoms with Crippen molar-refractivity contribution >= 4 is 23.4 Å². The van der Waals surface area contributed by atoms with E-state index in [1.165, 1.54) is 17.8 Å². The first-order valence-corrected chi connectivity index (χ1v) is 8.14. The Kier molecular flexibility index (Phi) is 4.76. The van der Waals surface area contributed by atoms with Crippen LogP contribution in [-0.2, 0) is 11.8 Å². The number of aromatic nitrogens is 4. The molecule has 0 atom stereocenters. The van der Waals surface area contributed by atoms with E-state index in [0.29, 0.717) is 16.7 Å². The molecular weight excluding hydrogens is 326 g/mol. The zero-order valence-corrected chi connectivity index (χ0v) is 13.7. The highest BCUT2D eigenvalue weighted by atomic mass is 32.2. The van der Waals surface area contributed by atoms with Crippen LogP contribution in [0.5, 0.6) is 5.75 Å². The summed E-state index contributed by atoms with van der Waals surface area (Å²) < 4.78 is 1.83. The number of hydrogen-bond acceptors (Lipinski definition) is 6. The standard InChI is InChI=1S/C16H15N5O2S/c1-21-15(11-6-8-17-9-7-11)19-20-16(21)24-10-14(23)18-12-4-2-3-5-13(12)22/h2-9,22H,10H2,1H3,(H,18,23). The number of nitrogens with one attached hydrogen (secondary N) is 1. The Labute approximate surface area is 142 Å². The van der Waals surface area contributed by atoms with Crippen LogP contribution in [0.3, 0.4) is 0 Å². The van der Waals surface area contributed by atoms with E-state index in [0.717, 1.165) is 5.56 Å². The summed E-state index contributed by atoms with van der Waals surface area (Å²) in [6, 6.07) is 10.3. The molecule has 7 nitrogen and oxygen atoms in total. The third-order valence-electron chi connectivity index (χ3n) is 3.28. The van der Waals surface area contributed by atoms with Gasteiger partial charge in [0, 0.05) is 25.0 Å². The van der Waals surface area contributed by atoms with Crippen molar-refractivity contribution in [2.75, 3.05) is 11.1 Å². The highest BCUT2D eigenvalue weighted by Crippen LogP contribution is 2.24. The molecule has 0 spiro atoms. The average molecular weight is 341 g/mol. The quantitative estimate of drug-likeness (QED) is 0.546. The van der Waals surface area contributed by atoms with E-state index in [1.807, 2.05) is 23.7 Å². The summed E-state index contributed by atoms with van der Waals surface area (Å²) >= 11 is 1.28. The van der Waals surface area contributed by atoms with Gasteiger partial charge in [-0.2, -0.15) is 0 Å². The molecule has 1 aromatic carbocycles. The molecule has 2 aromatic heterocycles. The smallest absolute Gasteiger partial charge is 0.234 e. The molecule has 0 saturated heterocycles. The van der Waals surface area contributed by atoms with Crippen molar-refractivity contribution in [1.29, 1.82) is 0 Å². The van der Waals surface area contributed by atoms with E-state index in [-0.39, 0.29) is 17.4 Å². The molecule has 0 saturated carbocycles. The summed E-state index contributed by atoms with van der Waals surface area (Å²) in [4.78, 5) is 16.0. The number of aromatic hydroxyl groups is 1. The van der Waals surface area contributed by atoms with Crippen LogP contribution in [0.25, 0.3) is 11.4 Å². The van der Waals surface area contributed by atoms with Gasteiger partial charge >= 0.3 is 0 Å². The fraction of sp³-hybridized carbons (Fsp3) is 0.125. The number of para-hydroxylation sites is 2. The number of amides is 1. The maximum Gasteiger partial charge on any atom is 0.234 e. The molecule has 24 heavy (non-hydrogen) atoms. The number of benzene rings is 1. The lowest BCUT2D eigenvalue weighted by atomic mass is 10.2. The first-order chi connectivity index (χ1) is 11.6. The number of nitrogens with zero attached hydrogens (tertiary/aromatic N) is 4. The number of pyridine rings is 1. The summed E-state index contributed by atoms with van der Waals surface area (Å²) in [7, 11) is 1.85. The second-order valence-electron chi connectivity index (χ2n) is 4.96. The van der Waals surface area contributed by atoms with E-state index < -0.39 is 0 Å². The van der Waals surface area contributed by atoms with E-state index >= 15 is 0 Å². The number of phenolic OH excluding ortho intramolecular Hbond substituents is 1. The maximum atomic E-state index is 12.0. The van der Waals surface area contributed by atoms with Crippen molar-refractivity contribution < 1.29 is 9.90 Å². The van der Waals surface area contributed by atoms with Gasteiger partial charge in [-0.1, -0.05) is 23.9 Å². The molecule has 0 fully saturated rings. The number of rotatable bonds is 5. The Morgan fingerprint density at radius 3 is 2.71 bits per heavy atom. The summed E-state index contributed by atoms with van der Waals surface area (Å²) in [5, 5.41) is 21.2. The summed E-state index contributed by atoms with van der Waals surface area (Å²) in [5.74, 6) is 0.682. The number of hydrogen-bond donors (Lipinski definition) is 2. The fourth-order valence-electron chi connectivity index (χ4n) is 2.09. The number of phenols is 1. The minimum absolute atomic E-state index is 0.0366.